The SMILES string of the molecule is CCCCNC(=O)Oc1ccc(C(c2ccc(OCC3CO3)cc2)C(c2ccc(OCC3CO3)cc2)c2ccc(OCC3CO3)cc2)cc1. The van der Waals surface area contributed by atoms with Crippen LogP contribution in [0.1, 0.15) is 53.9 Å². The van der Waals surface area contributed by atoms with Gasteiger partial charge in [0.2, 0.25) is 0 Å². The Labute approximate surface area is 287 Å². The van der Waals surface area contributed by atoms with Crippen LogP contribution in [0.3, 0.4) is 0 Å². The Bertz CT molecular complexity index is 1570. The summed E-state index contributed by atoms with van der Waals surface area (Å²) in [7, 11) is 0. The van der Waals surface area contributed by atoms with Gasteiger partial charge in [-0.2, -0.15) is 0 Å². The molecule has 49 heavy (non-hydrogen) atoms. The zero-order valence-electron chi connectivity index (χ0n) is 27.8. The molecule has 9 nitrogen and oxygen atoms in total. The number of carbonyl (C=O) groups is 1. The number of carbonyl (C=O) groups excluding carboxylic acids is 1. The normalized spacial score (nSPS) is 20.1. The van der Waals surface area contributed by atoms with Gasteiger partial charge in [0.25, 0.3) is 0 Å². The van der Waals surface area contributed by atoms with Gasteiger partial charge in [0.05, 0.1) is 19.8 Å². The van der Waals surface area contributed by atoms with Crippen molar-refractivity contribution in [2.45, 2.75) is 49.9 Å². The molecule has 1 amide bonds. The maximum atomic E-state index is 12.4. The molecule has 3 saturated heterocycles. The lowest BCUT2D eigenvalue weighted by Gasteiger charge is -2.30. The predicted molar refractivity (Wildman–Crippen MR) is 184 cm³/mol. The van der Waals surface area contributed by atoms with Crippen LogP contribution in [0.25, 0.3) is 0 Å². The van der Waals surface area contributed by atoms with Gasteiger partial charge in [-0.15, -0.1) is 0 Å². The number of unbranched alkanes of at least 4 members (excludes halogenated alkanes) is 1. The van der Waals surface area contributed by atoms with E-state index in [1.807, 2.05) is 60.7 Å². The summed E-state index contributed by atoms with van der Waals surface area (Å²) in [4.78, 5) is 12.4. The first-order chi connectivity index (χ1) is 24.1. The van der Waals surface area contributed by atoms with Gasteiger partial charge in [0, 0.05) is 18.4 Å². The van der Waals surface area contributed by atoms with Crippen LogP contribution in [-0.4, -0.2) is 70.6 Å². The lowest BCUT2D eigenvalue weighted by atomic mass is 9.73. The van der Waals surface area contributed by atoms with E-state index in [1.165, 1.54) is 0 Å². The molecule has 7 rings (SSSR count). The van der Waals surface area contributed by atoms with Crippen molar-refractivity contribution in [2.75, 3.05) is 46.2 Å². The molecule has 3 aliphatic rings. The average Bonchev–Trinajstić information content (AvgIpc) is 3.97. The molecule has 9 heteroatoms. The van der Waals surface area contributed by atoms with Crippen LogP contribution in [0.4, 0.5) is 4.79 Å². The topological polar surface area (TPSA) is 104 Å². The second kappa shape index (κ2) is 15.8. The Balaban J connectivity index is 1.21. The smallest absolute Gasteiger partial charge is 0.412 e. The standard InChI is InChI=1S/C40H43NO8/c1-2-3-20-41-40(42)49-34-18-10-30(11-19-34)39(29-8-16-33(17-9-29)45-23-37-26-48-37)38(27-4-12-31(13-5-27)43-21-35-24-46-35)28-6-14-32(15-7-28)44-22-36-25-47-36/h4-19,35-39H,2-3,20-26H2,1H3,(H,41,42). The van der Waals surface area contributed by atoms with Gasteiger partial charge in [-0.3, -0.25) is 0 Å². The second-order valence-corrected chi connectivity index (χ2v) is 12.7. The maximum Gasteiger partial charge on any atom is 0.412 e. The molecule has 3 heterocycles. The highest BCUT2D eigenvalue weighted by Gasteiger charge is 2.30. The van der Waals surface area contributed by atoms with Crippen LogP contribution >= 0.6 is 0 Å². The summed E-state index contributed by atoms with van der Waals surface area (Å²) in [5, 5.41) is 2.81. The van der Waals surface area contributed by atoms with E-state index in [4.69, 9.17) is 33.2 Å². The number of ether oxygens (including phenoxy) is 7. The van der Waals surface area contributed by atoms with Gasteiger partial charge in [0.1, 0.15) is 61.1 Å². The van der Waals surface area contributed by atoms with E-state index in [1.54, 1.807) is 0 Å². The van der Waals surface area contributed by atoms with Gasteiger partial charge < -0.3 is 38.5 Å². The van der Waals surface area contributed by atoms with Crippen molar-refractivity contribution in [2.24, 2.45) is 0 Å². The van der Waals surface area contributed by atoms with E-state index in [9.17, 15) is 4.79 Å². The number of rotatable bonds is 18. The first-order valence-electron chi connectivity index (χ1n) is 17.2. The lowest BCUT2D eigenvalue weighted by molar-refractivity contribution is 0.200. The molecule has 0 aliphatic carbocycles. The van der Waals surface area contributed by atoms with Gasteiger partial charge in [0.15, 0.2) is 0 Å². The lowest BCUT2D eigenvalue weighted by Crippen LogP contribution is -2.27. The zero-order chi connectivity index (χ0) is 33.4. The largest absolute Gasteiger partial charge is 0.491 e. The Morgan fingerprint density at radius 2 is 0.918 bits per heavy atom. The van der Waals surface area contributed by atoms with E-state index >= 15 is 0 Å². The molecule has 0 bridgehead atoms. The molecule has 3 aliphatic heterocycles. The highest BCUT2D eigenvalue weighted by molar-refractivity contribution is 5.70. The number of amides is 1. The molecule has 1 N–H and O–H groups in total. The molecule has 3 fully saturated rings. The van der Waals surface area contributed by atoms with Crippen LogP contribution in [0, 0.1) is 0 Å². The Morgan fingerprint density at radius 1 is 0.592 bits per heavy atom. The van der Waals surface area contributed by atoms with E-state index in [0.717, 1.165) is 72.2 Å². The second-order valence-electron chi connectivity index (χ2n) is 12.7. The van der Waals surface area contributed by atoms with E-state index in [0.29, 0.717) is 32.1 Å². The van der Waals surface area contributed by atoms with Gasteiger partial charge in [-0.25, -0.2) is 4.79 Å². The Hall–Kier alpha value is -4.57. The summed E-state index contributed by atoms with van der Waals surface area (Å²) in [6, 6.07) is 32.8. The summed E-state index contributed by atoms with van der Waals surface area (Å²) in [5.41, 5.74) is 4.44. The molecular weight excluding hydrogens is 622 g/mol. The third kappa shape index (κ3) is 9.53. The molecule has 0 radical (unpaired) electrons. The van der Waals surface area contributed by atoms with Crippen molar-refractivity contribution < 1.29 is 38.0 Å². The minimum Gasteiger partial charge on any atom is -0.491 e. The highest BCUT2D eigenvalue weighted by Crippen LogP contribution is 2.44. The molecule has 0 spiro atoms. The summed E-state index contributed by atoms with van der Waals surface area (Å²) in [6.07, 6.45) is 1.99. The van der Waals surface area contributed by atoms with Crippen LogP contribution < -0.4 is 24.3 Å². The summed E-state index contributed by atoms with van der Waals surface area (Å²) >= 11 is 0. The monoisotopic (exact) mass is 665 g/mol. The zero-order valence-corrected chi connectivity index (χ0v) is 27.8. The third-order valence-corrected chi connectivity index (χ3v) is 8.82. The molecule has 4 unspecified atom stereocenters. The quantitative estimate of drug-likeness (QED) is 0.0908. The van der Waals surface area contributed by atoms with E-state index < -0.39 is 6.09 Å². The maximum absolute atomic E-state index is 12.4. The fourth-order valence-corrected chi connectivity index (χ4v) is 5.78. The molecule has 0 aromatic heterocycles. The number of hydrogen-bond acceptors (Lipinski definition) is 8. The molecule has 256 valence electrons. The van der Waals surface area contributed by atoms with Crippen molar-refractivity contribution in [1.82, 2.24) is 5.32 Å². The third-order valence-electron chi connectivity index (χ3n) is 8.82. The highest BCUT2D eigenvalue weighted by atomic mass is 16.6. The summed E-state index contributed by atoms with van der Waals surface area (Å²) in [6.45, 7) is 6.55. The molecule has 0 saturated carbocycles. The Morgan fingerprint density at radius 3 is 1.22 bits per heavy atom. The minimum atomic E-state index is -0.450. The van der Waals surface area contributed by atoms with Crippen LogP contribution in [0.5, 0.6) is 23.0 Å². The number of hydrogen-bond donors (Lipinski definition) is 1. The predicted octanol–water partition coefficient (Wildman–Crippen LogP) is 6.87. The van der Waals surface area contributed by atoms with E-state index in [-0.39, 0.29) is 30.1 Å². The Kier molecular flexibility index (Phi) is 10.6. The van der Waals surface area contributed by atoms with Crippen molar-refractivity contribution in [1.29, 1.82) is 0 Å². The van der Waals surface area contributed by atoms with Crippen molar-refractivity contribution >= 4 is 6.09 Å². The molecule has 4 atom stereocenters. The van der Waals surface area contributed by atoms with Crippen LogP contribution in [0.15, 0.2) is 97.1 Å². The van der Waals surface area contributed by atoms with Crippen LogP contribution in [0.2, 0.25) is 0 Å². The first kappa shape index (κ1) is 33.0. The molecule has 4 aromatic rings. The molecule has 4 aromatic carbocycles. The van der Waals surface area contributed by atoms with Crippen molar-refractivity contribution in [3.63, 3.8) is 0 Å². The number of benzene rings is 4. The first-order valence-corrected chi connectivity index (χ1v) is 17.2. The van der Waals surface area contributed by atoms with E-state index in [2.05, 4.69) is 48.6 Å². The number of epoxide rings is 3. The average molecular weight is 666 g/mol. The van der Waals surface area contributed by atoms with Gasteiger partial charge >= 0.3 is 6.09 Å². The summed E-state index contributed by atoms with van der Waals surface area (Å²) < 4.78 is 39.5. The van der Waals surface area contributed by atoms with Crippen molar-refractivity contribution in [3.05, 3.63) is 119 Å². The fourth-order valence-electron chi connectivity index (χ4n) is 5.78. The van der Waals surface area contributed by atoms with Gasteiger partial charge in [-0.1, -0.05) is 61.9 Å². The molecular formula is C40H43NO8. The fraction of sp³-hybridized carbons (Fsp3) is 0.375. The number of nitrogens with one attached hydrogen (secondary N) is 1. The van der Waals surface area contributed by atoms with Gasteiger partial charge in [-0.05, 0) is 77.2 Å². The minimum absolute atomic E-state index is 0.0858. The van der Waals surface area contributed by atoms with Crippen LogP contribution in [-0.2, 0) is 14.2 Å². The summed E-state index contributed by atoms with van der Waals surface area (Å²) in [5.74, 6) is 2.71. The van der Waals surface area contributed by atoms with Crippen molar-refractivity contribution in [3.8, 4) is 23.0 Å².